The molecule has 2 aliphatic carbocycles. The maximum atomic E-state index is 5.58. The molecule has 0 aromatic carbocycles. The van der Waals surface area contributed by atoms with Crippen LogP contribution in [-0.4, -0.2) is 34.6 Å². The summed E-state index contributed by atoms with van der Waals surface area (Å²) < 4.78 is 0. The number of hydrogen-bond acceptors (Lipinski definition) is 6. The van der Waals surface area contributed by atoms with Gasteiger partial charge in [0.05, 0.1) is 11.4 Å². The van der Waals surface area contributed by atoms with E-state index in [-0.39, 0.29) is 0 Å². The molecule has 2 aliphatic rings. The summed E-state index contributed by atoms with van der Waals surface area (Å²) in [6.07, 6.45) is 6.88. The van der Waals surface area contributed by atoms with Crippen LogP contribution in [0.2, 0.25) is 0 Å². The second-order valence-corrected chi connectivity index (χ2v) is 8.17. The molecule has 0 bridgehead atoms. The summed E-state index contributed by atoms with van der Waals surface area (Å²) >= 11 is 0. The molecule has 0 atom stereocenters. The Morgan fingerprint density at radius 2 is 1.47 bits per heavy atom. The minimum atomic E-state index is 0.502. The molecule has 2 aromatic heterocycles. The molecule has 0 saturated carbocycles. The molecule has 2 heterocycles. The number of aromatic nitrogens is 2. The van der Waals surface area contributed by atoms with Gasteiger partial charge < -0.3 is 9.68 Å². The Labute approximate surface area is 178 Å². The highest BCUT2D eigenvalue weighted by atomic mass is 16.6. The lowest BCUT2D eigenvalue weighted by Crippen LogP contribution is -2.17. The summed E-state index contributed by atoms with van der Waals surface area (Å²) in [7, 11) is 0. The van der Waals surface area contributed by atoms with Crippen LogP contribution in [0.3, 0.4) is 0 Å². The van der Waals surface area contributed by atoms with Gasteiger partial charge in [0, 0.05) is 17.8 Å². The number of nitrogens with zero attached hydrogens (tertiary/aromatic N) is 4. The molecule has 0 saturated heterocycles. The zero-order valence-electron chi connectivity index (χ0n) is 18.2. The molecule has 0 spiro atoms. The van der Waals surface area contributed by atoms with Gasteiger partial charge in [-0.15, -0.1) is 0 Å². The fraction of sp³-hybridized carbons (Fsp3) is 0.500. The molecule has 6 heteroatoms. The molecule has 6 nitrogen and oxygen atoms in total. The summed E-state index contributed by atoms with van der Waals surface area (Å²) in [5.74, 6) is 0. The number of fused-ring (bicyclic) bond motifs is 2. The highest BCUT2D eigenvalue weighted by Gasteiger charge is 2.20. The van der Waals surface area contributed by atoms with Gasteiger partial charge in [-0.2, -0.15) is 0 Å². The smallest absolute Gasteiger partial charge is 0.120 e. The van der Waals surface area contributed by atoms with Gasteiger partial charge in [0.25, 0.3) is 0 Å². The van der Waals surface area contributed by atoms with Crippen molar-refractivity contribution in [2.24, 2.45) is 10.3 Å². The van der Waals surface area contributed by atoms with Crippen LogP contribution in [0.25, 0.3) is 0 Å². The molecular formula is C24H30N4O2. The largest absolute Gasteiger partial charge is 0.395 e. The van der Waals surface area contributed by atoms with E-state index in [9.17, 15) is 0 Å². The van der Waals surface area contributed by atoms with Crippen LogP contribution in [0, 0.1) is 20.8 Å². The molecule has 0 fully saturated rings. The van der Waals surface area contributed by atoms with Crippen LogP contribution in [0.5, 0.6) is 0 Å². The third-order valence-corrected chi connectivity index (χ3v) is 5.66. The van der Waals surface area contributed by atoms with Crippen molar-refractivity contribution >= 4 is 11.4 Å². The lowest BCUT2D eigenvalue weighted by atomic mass is 9.91. The zero-order chi connectivity index (χ0) is 20.9. The molecule has 4 rings (SSSR count). The fourth-order valence-corrected chi connectivity index (χ4v) is 4.18. The Hall–Kier alpha value is -2.76. The topological polar surface area (TPSA) is 69.0 Å². The number of rotatable bonds is 6. The number of oxime groups is 2. The number of aryl methyl sites for hydroxylation is 4. The molecule has 0 unspecified atom stereocenters. The van der Waals surface area contributed by atoms with Crippen molar-refractivity contribution in [1.29, 1.82) is 0 Å². The first-order valence-corrected chi connectivity index (χ1v) is 10.9. The van der Waals surface area contributed by atoms with Crippen molar-refractivity contribution in [2.75, 3.05) is 13.2 Å². The third-order valence-electron chi connectivity index (χ3n) is 5.66. The first-order valence-electron chi connectivity index (χ1n) is 10.9. The Kier molecular flexibility index (Phi) is 6.41. The van der Waals surface area contributed by atoms with E-state index in [1.165, 1.54) is 16.7 Å². The lowest BCUT2D eigenvalue weighted by molar-refractivity contribution is 0.0894. The lowest BCUT2D eigenvalue weighted by Gasteiger charge is -2.19. The standard InChI is InChI=1S/C24H30N4O2/c1-16-15-18(3)26-24-20(16)8-5-10-22(24)28-30-14-6-13-29-27-21-9-4-7-19-12-11-17(2)25-23(19)21/h11-12,15H,4-10,13-14H2,1-3H3/b27-21+,28-22+. The SMILES string of the molecule is Cc1ccc2c(n1)/C(=N/OCCCO/N=C1\CCCc3c(C)cc(C)nc31)CCC2. The van der Waals surface area contributed by atoms with Crippen LogP contribution in [0.4, 0.5) is 0 Å². The molecule has 30 heavy (non-hydrogen) atoms. The van der Waals surface area contributed by atoms with Gasteiger partial charge in [-0.3, -0.25) is 9.97 Å². The maximum absolute atomic E-state index is 5.58. The van der Waals surface area contributed by atoms with Gasteiger partial charge in [-0.05, 0) is 88.1 Å². The Morgan fingerprint density at radius 3 is 2.23 bits per heavy atom. The quantitative estimate of drug-likeness (QED) is 0.519. The molecular weight excluding hydrogens is 376 g/mol. The van der Waals surface area contributed by atoms with E-state index in [1.54, 1.807) is 0 Å². The maximum Gasteiger partial charge on any atom is 0.120 e. The Balaban J connectivity index is 1.28. The van der Waals surface area contributed by atoms with E-state index in [1.807, 2.05) is 13.8 Å². The molecule has 0 N–H and O–H groups in total. The van der Waals surface area contributed by atoms with Crippen molar-refractivity contribution in [2.45, 2.75) is 65.7 Å². The van der Waals surface area contributed by atoms with E-state index in [0.29, 0.717) is 13.2 Å². The van der Waals surface area contributed by atoms with Crippen LogP contribution in [0.15, 0.2) is 28.5 Å². The molecule has 2 aromatic rings. The monoisotopic (exact) mass is 406 g/mol. The van der Waals surface area contributed by atoms with Crippen molar-refractivity contribution in [3.05, 3.63) is 57.7 Å². The van der Waals surface area contributed by atoms with Crippen molar-refractivity contribution in [1.82, 2.24) is 9.97 Å². The summed E-state index contributed by atoms with van der Waals surface area (Å²) in [4.78, 5) is 20.5. The fourth-order valence-electron chi connectivity index (χ4n) is 4.18. The van der Waals surface area contributed by atoms with Crippen LogP contribution < -0.4 is 0 Å². The zero-order valence-corrected chi connectivity index (χ0v) is 18.2. The number of pyridine rings is 2. The van der Waals surface area contributed by atoms with Gasteiger partial charge in [0.1, 0.15) is 24.6 Å². The molecule has 0 amide bonds. The first kappa shape index (κ1) is 20.5. The molecule has 158 valence electrons. The minimum Gasteiger partial charge on any atom is -0.395 e. The van der Waals surface area contributed by atoms with Crippen LogP contribution in [0.1, 0.15) is 71.6 Å². The molecule has 0 radical (unpaired) electrons. The second kappa shape index (κ2) is 9.37. The van der Waals surface area contributed by atoms with E-state index >= 15 is 0 Å². The Bertz CT molecular complexity index is 981. The van der Waals surface area contributed by atoms with Gasteiger partial charge in [0.15, 0.2) is 0 Å². The van der Waals surface area contributed by atoms with Gasteiger partial charge in [-0.25, -0.2) is 0 Å². The minimum absolute atomic E-state index is 0.502. The summed E-state index contributed by atoms with van der Waals surface area (Å²) in [5, 5.41) is 8.74. The van der Waals surface area contributed by atoms with Crippen molar-refractivity contribution in [3.63, 3.8) is 0 Å². The average Bonchev–Trinajstić information content (AvgIpc) is 2.73. The summed E-state index contributed by atoms with van der Waals surface area (Å²) in [5.41, 5.74) is 9.85. The van der Waals surface area contributed by atoms with E-state index in [2.05, 4.69) is 40.4 Å². The van der Waals surface area contributed by atoms with E-state index in [4.69, 9.17) is 14.7 Å². The van der Waals surface area contributed by atoms with E-state index in [0.717, 1.165) is 79.1 Å². The van der Waals surface area contributed by atoms with Gasteiger partial charge in [0.2, 0.25) is 0 Å². The summed E-state index contributed by atoms with van der Waals surface area (Å²) in [6.45, 7) is 7.19. The number of hydrogen-bond donors (Lipinski definition) is 0. The Morgan fingerprint density at radius 1 is 0.800 bits per heavy atom. The average molecular weight is 407 g/mol. The highest BCUT2D eigenvalue weighted by Crippen LogP contribution is 2.24. The highest BCUT2D eigenvalue weighted by molar-refractivity contribution is 6.01. The van der Waals surface area contributed by atoms with Crippen molar-refractivity contribution < 1.29 is 9.68 Å². The van der Waals surface area contributed by atoms with Crippen molar-refractivity contribution in [3.8, 4) is 0 Å². The normalized spacial score (nSPS) is 18.2. The first-order chi connectivity index (χ1) is 14.6. The predicted octanol–water partition coefficient (Wildman–Crippen LogP) is 4.61. The van der Waals surface area contributed by atoms with Gasteiger partial charge in [-0.1, -0.05) is 16.4 Å². The third kappa shape index (κ3) is 4.69. The predicted molar refractivity (Wildman–Crippen MR) is 118 cm³/mol. The second-order valence-electron chi connectivity index (χ2n) is 8.17. The van der Waals surface area contributed by atoms with E-state index < -0.39 is 0 Å². The summed E-state index contributed by atoms with van der Waals surface area (Å²) in [6, 6.07) is 6.36. The van der Waals surface area contributed by atoms with Gasteiger partial charge >= 0.3 is 0 Å². The van der Waals surface area contributed by atoms with Crippen LogP contribution in [-0.2, 0) is 22.5 Å². The molecule has 0 aliphatic heterocycles. The van der Waals surface area contributed by atoms with Crippen LogP contribution >= 0.6 is 0 Å².